The Bertz CT molecular complexity index is 1230. The molecule has 0 heterocycles. The van der Waals surface area contributed by atoms with Crippen molar-refractivity contribution in [2.75, 3.05) is 13.7 Å². The molecule has 3 aromatic carbocycles. The second-order valence-electron chi connectivity index (χ2n) is 8.88. The first kappa shape index (κ1) is 24.2. The molecule has 0 N–H and O–H groups in total. The van der Waals surface area contributed by atoms with Crippen LogP contribution in [0.5, 0.6) is 0 Å². The van der Waals surface area contributed by atoms with Gasteiger partial charge in [0, 0.05) is 24.7 Å². The Kier molecular flexibility index (Phi) is 7.53. The molecule has 0 aliphatic heterocycles. The summed E-state index contributed by atoms with van der Waals surface area (Å²) in [7, 11) is 1.69. The first-order valence-electron chi connectivity index (χ1n) is 11.4. The van der Waals surface area contributed by atoms with Gasteiger partial charge in [0.1, 0.15) is 11.6 Å². The lowest BCUT2D eigenvalue weighted by atomic mass is 9.77. The number of rotatable bonds is 5. The van der Waals surface area contributed by atoms with Crippen LogP contribution in [0.1, 0.15) is 61.1 Å². The highest BCUT2D eigenvalue weighted by molar-refractivity contribution is 5.84. The lowest BCUT2D eigenvalue weighted by molar-refractivity contribution is 0.180. The highest BCUT2D eigenvalue weighted by atomic mass is 19.2. The molecule has 1 nitrogen and oxygen atoms in total. The predicted octanol–water partition coefficient (Wildman–Crippen LogP) is 7.64. The number of fused-ring (bicyclic) bond motifs is 1. The third-order valence-corrected chi connectivity index (χ3v) is 6.65. The molecule has 0 spiro atoms. The smallest absolute Gasteiger partial charge is 0.195 e. The van der Waals surface area contributed by atoms with E-state index >= 15 is 0 Å². The summed E-state index contributed by atoms with van der Waals surface area (Å²) in [5, 5.41) is 0.0110. The molecule has 1 fully saturated rings. The molecular weight excluding hydrogens is 447 g/mol. The SMILES string of the molecule is COCCCC1CCC(c2cc(F)c(C#Cc3ccc4c(F)c(F)c(F)cc4c3)c(F)c2)CC1. The molecule has 34 heavy (non-hydrogen) atoms. The van der Waals surface area contributed by atoms with Crippen LogP contribution in [0, 0.1) is 46.8 Å². The molecule has 1 saturated carbocycles. The van der Waals surface area contributed by atoms with E-state index in [0.29, 0.717) is 17.0 Å². The van der Waals surface area contributed by atoms with Gasteiger partial charge in [-0.25, -0.2) is 22.0 Å². The third-order valence-electron chi connectivity index (χ3n) is 6.65. The first-order valence-corrected chi connectivity index (χ1v) is 11.4. The van der Waals surface area contributed by atoms with Gasteiger partial charge in [-0.3, -0.25) is 0 Å². The topological polar surface area (TPSA) is 9.23 Å². The fourth-order valence-corrected chi connectivity index (χ4v) is 4.77. The molecular formula is C28H25F5O. The van der Waals surface area contributed by atoms with E-state index in [9.17, 15) is 22.0 Å². The number of halogens is 5. The van der Waals surface area contributed by atoms with Crippen molar-refractivity contribution in [3.63, 3.8) is 0 Å². The molecule has 0 bridgehead atoms. The zero-order valence-electron chi connectivity index (χ0n) is 18.9. The largest absolute Gasteiger partial charge is 0.385 e. The summed E-state index contributed by atoms with van der Waals surface area (Å²) in [5.74, 6) is 0.277. The summed E-state index contributed by atoms with van der Waals surface area (Å²) in [5.41, 5.74) is 0.593. The zero-order valence-corrected chi connectivity index (χ0v) is 18.9. The zero-order chi connectivity index (χ0) is 24.2. The van der Waals surface area contributed by atoms with Gasteiger partial charge in [0.05, 0.1) is 5.56 Å². The van der Waals surface area contributed by atoms with E-state index in [1.165, 1.54) is 30.3 Å². The second kappa shape index (κ2) is 10.6. The minimum atomic E-state index is -1.55. The Morgan fingerprint density at radius 3 is 2.21 bits per heavy atom. The van der Waals surface area contributed by atoms with Crippen LogP contribution in [-0.4, -0.2) is 13.7 Å². The van der Waals surface area contributed by atoms with Gasteiger partial charge in [-0.05, 0) is 91.6 Å². The van der Waals surface area contributed by atoms with Gasteiger partial charge < -0.3 is 4.74 Å². The quantitative estimate of drug-likeness (QED) is 0.161. The van der Waals surface area contributed by atoms with Crippen LogP contribution in [0.2, 0.25) is 0 Å². The normalized spacial score (nSPS) is 18.1. The average Bonchev–Trinajstić information content (AvgIpc) is 2.82. The molecule has 0 unspecified atom stereocenters. The molecule has 0 radical (unpaired) electrons. The van der Waals surface area contributed by atoms with Crippen molar-refractivity contribution in [3.8, 4) is 11.8 Å². The molecule has 0 amide bonds. The van der Waals surface area contributed by atoms with Gasteiger partial charge in [-0.1, -0.05) is 17.9 Å². The molecule has 178 valence electrons. The molecule has 1 aliphatic carbocycles. The number of hydrogen-bond donors (Lipinski definition) is 0. The Balaban J connectivity index is 1.50. The highest BCUT2D eigenvalue weighted by Crippen LogP contribution is 2.38. The maximum atomic E-state index is 14.8. The van der Waals surface area contributed by atoms with Gasteiger partial charge in [0.2, 0.25) is 0 Å². The summed E-state index contributed by atoms with van der Waals surface area (Å²) in [6.45, 7) is 0.754. The van der Waals surface area contributed by atoms with Crippen molar-refractivity contribution >= 4 is 10.8 Å². The van der Waals surface area contributed by atoms with E-state index in [-0.39, 0.29) is 22.3 Å². The number of ether oxygens (including phenoxy) is 1. The Morgan fingerprint density at radius 1 is 0.824 bits per heavy atom. The van der Waals surface area contributed by atoms with Gasteiger partial charge in [-0.15, -0.1) is 0 Å². The van der Waals surface area contributed by atoms with Crippen molar-refractivity contribution in [2.45, 2.75) is 44.4 Å². The fourth-order valence-electron chi connectivity index (χ4n) is 4.77. The monoisotopic (exact) mass is 472 g/mol. The molecule has 1 aliphatic rings. The molecule has 3 aromatic rings. The number of methoxy groups -OCH3 is 1. The van der Waals surface area contributed by atoms with E-state index in [1.807, 2.05) is 0 Å². The van der Waals surface area contributed by atoms with Crippen molar-refractivity contribution in [3.05, 3.63) is 82.2 Å². The van der Waals surface area contributed by atoms with Gasteiger partial charge >= 0.3 is 0 Å². The minimum Gasteiger partial charge on any atom is -0.385 e. The molecule has 6 heteroatoms. The van der Waals surface area contributed by atoms with Gasteiger partial charge in [0.15, 0.2) is 17.5 Å². The van der Waals surface area contributed by atoms with Gasteiger partial charge in [0.25, 0.3) is 0 Å². The standard InChI is InChI=1S/C28H25F5O/c1-34-12-2-3-17-4-8-19(9-5-17)20-14-24(29)23(25(30)15-20)11-7-18-6-10-22-21(13-18)16-26(31)28(33)27(22)32/h6,10,13-17,19H,2-5,8-9,12H2,1H3. The predicted molar refractivity (Wildman–Crippen MR) is 122 cm³/mol. The van der Waals surface area contributed by atoms with Crippen LogP contribution in [0.4, 0.5) is 22.0 Å². The van der Waals surface area contributed by atoms with Crippen molar-refractivity contribution in [2.24, 2.45) is 5.92 Å². The van der Waals surface area contributed by atoms with Crippen molar-refractivity contribution in [1.82, 2.24) is 0 Å². The molecule has 0 aromatic heterocycles. The van der Waals surface area contributed by atoms with Crippen LogP contribution in [-0.2, 0) is 4.74 Å². The summed E-state index contributed by atoms with van der Waals surface area (Å²) >= 11 is 0. The van der Waals surface area contributed by atoms with Crippen LogP contribution in [0.15, 0.2) is 36.4 Å². The Morgan fingerprint density at radius 2 is 1.53 bits per heavy atom. The van der Waals surface area contributed by atoms with Gasteiger partial charge in [-0.2, -0.15) is 0 Å². The summed E-state index contributed by atoms with van der Waals surface area (Å²) < 4.78 is 75.4. The summed E-state index contributed by atoms with van der Waals surface area (Å²) in [6.07, 6.45) is 6.00. The lowest BCUT2D eigenvalue weighted by Crippen LogP contribution is -2.14. The number of hydrogen-bond acceptors (Lipinski definition) is 1. The second-order valence-corrected chi connectivity index (χ2v) is 8.88. The minimum absolute atomic E-state index is 0.0976. The Hall–Kier alpha value is -2.91. The lowest BCUT2D eigenvalue weighted by Gasteiger charge is -2.29. The third kappa shape index (κ3) is 5.26. The fraction of sp³-hybridized carbons (Fsp3) is 0.357. The van der Waals surface area contributed by atoms with E-state index in [0.717, 1.165) is 51.2 Å². The van der Waals surface area contributed by atoms with Crippen LogP contribution < -0.4 is 0 Å². The van der Waals surface area contributed by atoms with E-state index in [4.69, 9.17) is 4.74 Å². The van der Waals surface area contributed by atoms with E-state index < -0.39 is 29.1 Å². The van der Waals surface area contributed by atoms with Crippen LogP contribution >= 0.6 is 0 Å². The average molecular weight is 472 g/mol. The van der Waals surface area contributed by atoms with E-state index in [2.05, 4.69) is 11.8 Å². The highest BCUT2D eigenvalue weighted by Gasteiger charge is 2.24. The van der Waals surface area contributed by atoms with Crippen molar-refractivity contribution in [1.29, 1.82) is 0 Å². The van der Waals surface area contributed by atoms with Crippen LogP contribution in [0.3, 0.4) is 0 Å². The van der Waals surface area contributed by atoms with E-state index in [1.54, 1.807) is 7.11 Å². The summed E-state index contributed by atoms with van der Waals surface area (Å²) in [4.78, 5) is 0. The molecule has 0 atom stereocenters. The maximum absolute atomic E-state index is 14.8. The first-order chi connectivity index (χ1) is 16.4. The van der Waals surface area contributed by atoms with Crippen molar-refractivity contribution < 1.29 is 26.7 Å². The summed E-state index contributed by atoms with van der Waals surface area (Å²) in [6, 6.07) is 7.59. The molecule has 4 rings (SSSR count). The van der Waals surface area contributed by atoms with Crippen LogP contribution in [0.25, 0.3) is 10.8 Å². The molecule has 0 saturated heterocycles. The number of benzene rings is 3. The maximum Gasteiger partial charge on any atom is 0.195 e. The Labute approximate surface area is 195 Å².